The van der Waals surface area contributed by atoms with Gasteiger partial charge in [-0.25, -0.2) is 8.42 Å². The Hall–Kier alpha value is -2.74. The van der Waals surface area contributed by atoms with Crippen LogP contribution in [0.5, 0.6) is 11.5 Å². The van der Waals surface area contributed by atoms with E-state index >= 15 is 0 Å². The zero-order valence-corrected chi connectivity index (χ0v) is 17.0. The van der Waals surface area contributed by atoms with E-state index in [1.165, 1.54) is 18.5 Å². The SMILES string of the molecule is CCS(=O)(=O)N1CCCc2ccc(NC(=O)c3ccc(OC)c(OC)c3)cc21. The van der Waals surface area contributed by atoms with Gasteiger partial charge in [-0.3, -0.25) is 9.10 Å². The lowest BCUT2D eigenvalue weighted by Gasteiger charge is -2.30. The molecule has 0 aromatic heterocycles. The first-order valence-corrected chi connectivity index (χ1v) is 10.7. The van der Waals surface area contributed by atoms with E-state index in [9.17, 15) is 13.2 Å². The summed E-state index contributed by atoms with van der Waals surface area (Å²) in [6.07, 6.45) is 1.60. The average molecular weight is 404 g/mol. The summed E-state index contributed by atoms with van der Waals surface area (Å²) in [6.45, 7) is 2.09. The first-order valence-electron chi connectivity index (χ1n) is 9.06. The van der Waals surface area contributed by atoms with Gasteiger partial charge in [0.25, 0.3) is 5.91 Å². The molecule has 0 saturated carbocycles. The second-order valence-electron chi connectivity index (χ2n) is 6.44. The lowest BCUT2D eigenvalue weighted by molar-refractivity contribution is 0.102. The molecule has 28 heavy (non-hydrogen) atoms. The van der Waals surface area contributed by atoms with Crippen molar-refractivity contribution in [1.82, 2.24) is 0 Å². The highest BCUT2D eigenvalue weighted by Gasteiger charge is 2.26. The molecule has 0 radical (unpaired) electrons. The summed E-state index contributed by atoms with van der Waals surface area (Å²) in [6, 6.07) is 10.3. The van der Waals surface area contributed by atoms with Gasteiger partial charge in [0, 0.05) is 17.8 Å². The predicted octanol–water partition coefficient (Wildman–Crippen LogP) is 3.06. The predicted molar refractivity (Wildman–Crippen MR) is 109 cm³/mol. The largest absolute Gasteiger partial charge is 0.493 e. The average Bonchev–Trinajstić information content (AvgIpc) is 2.72. The van der Waals surface area contributed by atoms with E-state index in [1.807, 2.05) is 6.07 Å². The number of nitrogens with zero attached hydrogens (tertiary/aromatic N) is 1. The van der Waals surface area contributed by atoms with Crippen molar-refractivity contribution in [1.29, 1.82) is 0 Å². The molecule has 2 aromatic rings. The summed E-state index contributed by atoms with van der Waals surface area (Å²) in [4.78, 5) is 12.6. The quantitative estimate of drug-likeness (QED) is 0.800. The number of nitrogens with one attached hydrogen (secondary N) is 1. The number of rotatable bonds is 6. The number of benzene rings is 2. The van der Waals surface area contributed by atoms with Crippen molar-refractivity contribution < 1.29 is 22.7 Å². The number of hydrogen-bond acceptors (Lipinski definition) is 5. The molecular formula is C20H24N2O5S. The zero-order valence-electron chi connectivity index (χ0n) is 16.2. The maximum Gasteiger partial charge on any atom is 0.255 e. The smallest absolute Gasteiger partial charge is 0.255 e. The third-order valence-electron chi connectivity index (χ3n) is 4.77. The number of anilines is 2. The maximum atomic E-state index is 12.6. The standard InChI is InChI=1S/C20H24N2O5S/c1-4-28(24,25)22-11-5-6-14-7-9-16(13-17(14)22)21-20(23)15-8-10-18(26-2)19(12-15)27-3/h7-10,12-13H,4-6,11H2,1-3H3,(H,21,23). The van der Waals surface area contributed by atoms with Crippen LogP contribution in [0.15, 0.2) is 36.4 Å². The minimum Gasteiger partial charge on any atom is -0.493 e. The minimum absolute atomic E-state index is 0.0364. The lowest BCUT2D eigenvalue weighted by Crippen LogP contribution is -2.36. The zero-order chi connectivity index (χ0) is 20.3. The number of sulfonamides is 1. The van der Waals surface area contributed by atoms with Crippen molar-refractivity contribution in [3.8, 4) is 11.5 Å². The summed E-state index contributed by atoms with van der Waals surface area (Å²) in [5.74, 6) is 0.713. The Bertz CT molecular complexity index is 988. The van der Waals surface area contributed by atoms with E-state index in [2.05, 4.69) is 5.32 Å². The number of amides is 1. The molecule has 8 heteroatoms. The fourth-order valence-electron chi connectivity index (χ4n) is 3.24. The van der Waals surface area contributed by atoms with Crippen LogP contribution >= 0.6 is 0 Å². The number of carbonyl (C=O) groups excluding carboxylic acids is 1. The molecule has 0 fully saturated rings. The van der Waals surface area contributed by atoms with Crippen molar-refractivity contribution in [3.63, 3.8) is 0 Å². The van der Waals surface area contributed by atoms with Gasteiger partial charge in [0.2, 0.25) is 10.0 Å². The summed E-state index contributed by atoms with van der Waals surface area (Å²) < 4.78 is 36.7. The summed E-state index contributed by atoms with van der Waals surface area (Å²) in [7, 11) is -0.324. The topological polar surface area (TPSA) is 84.9 Å². The molecule has 0 aliphatic carbocycles. The van der Waals surface area contributed by atoms with Gasteiger partial charge < -0.3 is 14.8 Å². The van der Waals surface area contributed by atoms with E-state index < -0.39 is 10.0 Å². The van der Waals surface area contributed by atoms with Gasteiger partial charge in [0.15, 0.2) is 11.5 Å². The molecule has 1 heterocycles. The Balaban J connectivity index is 1.88. The van der Waals surface area contributed by atoms with Gasteiger partial charge in [0.1, 0.15) is 0 Å². The fraction of sp³-hybridized carbons (Fsp3) is 0.350. The van der Waals surface area contributed by atoms with Crippen LogP contribution < -0.4 is 19.1 Å². The van der Waals surface area contributed by atoms with Crippen molar-refractivity contribution in [3.05, 3.63) is 47.5 Å². The van der Waals surface area contributed by atoms with Gasteiger partial charge in [-0.05, 0) is 55.7 Å². The summed E-state index contributed by atoms with van der Waals surface area (Å²) in [5.41, 5.74) is 2.55. The molecule has 1 aliphatic rings. The number of fused-ring (bicyclic) bond motifs is 1. The van der Waals surface area contributed by atoms with E-state index in [-0.39, 0.29) is 11.7 Å². The van der Waals surface area contributed by atoms with Gasteiger partial charge >= 0.3 is 0 Å². The van der Waals surface area contributed by atoms with E-state index in [0.717, 1.165) is 18.4 Å². The second kappa shape index (κ2) is 8.10. The first kappa shape index (κ1) is 20.0. The fourth-order valence-corrected chi connectivity index (χ4v) is 4.43. The molecule has 1 N–H and O–H groups in total. The van der Waals surface area contributed by atoms with Crippen LogP contribution in [0, 0.1) is 0 Å². The molecule has 2 aromatic carbocycles. The summed E-state index contributed by atoms with van der Waals surface area (Å²) in [5, 5.41) is 2.83. The highest BCUT2D eigenvalue weighted by atomic mass is 32.2. The third kappa shape index (κ3) is 3.91. The Morgan fingerprint density at radius 3 is 2.54 bits per heavy atom. The van der Waals surface area contributed by atoms with Crippen molar-refractivity contribution in [2.45, 2.75) is 19.8 Å². The molecule has 1 aliphatic heterocycles. The van der Waals surface area contributed by atoms with Crippen molar-refractivity contribution >= 4 is 27.3 Å². The molecule has 0 unspecified atom stereocenters. The van der Waals surface area contributed by atoms with Gasteiger partial charge in [0.05, 0.1) is 25.7 Å². The number of carbonyl (C=O) groups is 1. The van der Waals surface area contributed by atoms with Crippen LogP contribution in [-0.2, 0) is 16.4 Å². The lowest BCUT2D eigenvalue weighted by atomic mass is 10.0. The molecule has 0 saturated heterocycles. The molecule has 1 amide bonds. The molecular weight excluding hydrogens is 380 g/mol. The summed E-state index contributed by atoms with van der Waals surface area (Å²) >= 11 is 0. The van der Waals surface area contributed by atoms with Crippen LogP contribution in [-0.4, -0.2) is 40.8 Å². The van der Waals surface area contributed by atoms with E-state index in [4.69, 9.17) is 9.47 Å². The number of methoxy groups -OCH3 is 2. The van der Waals surface area contributed by atoms with Crippen LogP contribution in [0.1, 0.15) is 29.3 Å². The number of ether oxygens (including phenoxy) is 2. The van der Waals surface area contributed by atoms with E-state index in [0.29, 0.717) is 35.0 Å². The highest BCUT2D eigenvalue weighted by molar-refractivity contribution is 7.92. The molecule has 150 valence electrons. The molecule has 0 bridgehead atoms. The van der Waals surface area contributed by atoms with Crippen molar-refractivity contribution in [2.24, 2.45) is 0 Å². The molecule has 0 spiro atoms. The first-order chi connectivity index (χ1) is 13.4. The minimum atomic E-state index is -3.36. The van der Waals surface area contributed by atoms with Crippen LogP contribution in [0.2, 0.25) is 0 Å². The van der Waals surface area contributed by atoms with Crippen LogP contribution in [0.25, 0.3) is 0 Å². The van der Waals surface area contributed by atoms with E-state index in [1.54, 1.807) is 37.3 Å². The van der Waals surface area contributed by atoms with Crippen molar-refractivity contribution in [2.75, 3.05) is 36.1 Å². The molecule has 0 atom stereocenters. The van der Waals surface area contributed by atoms with Crippen LogP contribution in [0.4, 0.5) is 11.4 Å². The van der Waals surface area contributed by atoms with Gasteiger partial charge in [-0.15, -0.1) is 0 Å². The Labute approximate surface area is 165 Å². The molecule has 3 rings (SSSR count). The Morgan fingerprint density at radius 2 is 1.86 bits per heavy atom. The highest BCUT2D eigenvalue weighted by Crippen LogP contribution is 2.33. The number of aryl methyl sites for hydroxylation is 1. The van der Waals surface area contributed by atoms with Crippen LogP contribution in [0.3, 0.4) is 0 Å². The maximum absolute atomic E-state index is 12.6. The van der Waals surface area contributed by atoms with Gasteiger partial charge in [-0.1, -0.05) is 6.07 Å². The third-order valence-corrected chi connectivity index (χ3v) is 6.55. The molecule has 7 nitrogen and oxygen atoms in total. The Kier molecular flexibility index (Phi) is 5.79. The Morgan fingerprint density at radius 1 is 1.11 bits per heavy atom. The monoisotopic (exact) mass is 404 g/mol. The second-order valence-corrected chi connectivity index (χ2v) is 8.63. The number of hydrogen-bond donors (Lipinski definition) is 1. The normalized spacial score (nSPS) is 13.6. The van der Waals surface area contributed by atoms with Gasteiger partial charge in [-0.2, -0.15) is 0 Å².